The summed E-state index contributed by atoms with van der Waals surface area (Å²) in [6.45, 7) is 3.91. The van der Waals surface area contributed by atoms with Gasteiger partial charge in [0.25, 0.3) is 0 Å². The molecule has 7 heteroatoms. The molecule has 1 heterocycles. The quantitative estimate of drug-likeness (QED) is 0.915. The maximum Gasteiger partial charge on any atom is 0.171 e. The number of rotatable bonds is 4. The van der Waals surface area contributed by atoms with Crippen molar-refractivity contribution in [3.63, 3.8) is 0 Å². The monoisotopic (exact) mass is 332 g/mol. The number of sulfone groups is 1. The van der Waals surface area contributed by atoms with Crippen LogP contribution in [0.3, 0.4) is 0 Å². The van der Waals surface area contributed by atoms with E-state index in [9.17, 15) is 12.8 Å². The van der Waals surface area contributed by atoms with Gasteiger partial charge in [0.05, 0.1) is 5.69 Å². The molecule has 0 bridgehead atoms. The summed E-state index contributed by atoms with van der Waals surface area (Å²) in [4.78, 5) is 1.68. The van der Waals surface area contributed by atoms with E-state index in [1.165, 1.54) is 6.07 Å². The molecule has 2 rings (SSSR count). The Bertz CT molecular complexity index is 605. The van der Waals surface area contributed by atoms with E-state index in [2.05, 4.69) is 0 Å². The van der Waals surface area contributed by atoms with Crippen LogP contribution in [0.2, 0.25) is 0 Å². The third-order valence-corrected chi connectivity index (χ3v) is 6.99. The molecule has 1 fully saturated rings. The topological polar surface area (TPSA) is 63.4 Å². The Labute approximate surface area is 129 Å². The Morgan fingerprint density at radius 3 is 2.86 bits per heavy atom. The summed E-state index contributed by atoms with van der Waals surface area (Å²) in [5.41, 5.74) is 6.92. The van der Waals surface area contributed by atoms with Crippen LogP contribution in [0, 0.1) is 5.82 Å². The van der Waals surface area contributed by atoms with Gasteiger partial charge in [0, 0.05) is 29.8 Å². The van der Waals surface area contributed by atoms with Crippen molar-refractivity contribution in [1.29, 1.82) is 0 Å². The van der Waals surface area contributed by atoms with E-state index in [0.717, 1.165) is 5.75 Å². The Balaban J connectivity index is 2.53. The zero-order chi connectivity index (χ0) is 15.6. The van der Waals surface area contributed by atoms with Gasteiger partial charge in [-0.15, -0.1) is 0 Å². The highest BCUT2D eigenvalue weighted by Crippen LogP contribution is 2.34. The van der Waals surface area contributed by atoms with Crippen molar-refractivity contribution in [2.75, 3.05) is 28.7 Å². The van der Waals surface area contributed by atoms with Gasteiger partial charge in [-0.25, -0.2) is 12.8 Å². The van der Waals surface area contributed by atoms with E-state index in [1.54, 1.807) is 42.6 Å². The number of halogens is 1. The highest BCUT2D eigenvalue weighted by molar-refractivity contribution is 8.01. The van der Waals surface area contributed by atoms with Gasteiger partial charge < -0.3 is 10.6 Å². The lowest BCUT2D eigenvalue weighted by Gasteiger charge is -2.38. The molecule has 0 aromatic heterocycles. The average Bonchev–Trinajstić information content (AvgIpc) is 2.47. The van der Waals surface area contributed by atoms with Gasteiger partial charge in [-0.2, -0.15) is 11.8 Å². The van der Waals surface area contributed by atoms with Gasteiger partial charge >= 0.3 is 0 Å². The highest BCUT2D eigenvalue weighted by Gasteiger charge is 2.35. The molecule has 1 aliphatic heterocycles. The summed E-state index contributed by atoms with van der Waals surface area (Å²) < 4.78 is 39.0. The maximum absolute atomic E-state index is 14.4. The number of thioether (sulfide) groups is 1. The minimum absolute atomic E-state index is 0.0523. The highest BCUT2D eigenvalue weighted by atomic mass is 32.2. The zero-order valence-electron chi connectivity index (χ0n) is 12.3. The smallest absolute Gasteiger partial charge is 0.171 e. The molecule has 0 amide bonds. The van der Waals surface area contributed by atoms with Crippen LogP contribution in [0.15, 0.2) is 18.2 Å². The molecule has 1 saturated heterocycles. The van der Waals surface area contributed by atoms with Gasteiger partial charge in [-0.05, 0) is 18.6 Å². The standard InChI is InChI=1S/C14H21FN2O2S2/c1-3-21(18,19)13-9-20-8-7-17(13)14-11(10(2)16)5-4-6-12(14)15/h4-6,10,13H,3,7-9,16H2,1-2H3/t10-,13?/m1/s1. The van der Waals surface area contributed by atoms with E-state index >= 15 is 0 Å². The number of nitrogens with two attached hydrogens (primary N) is 1. The minimum Gasteiger partial charge on any atom is -0.351 e. The molecule has 1 aromatic carbocycles. The molecule has 1 unspecified atom stereocenters. The molecule has 2 atom stereocenters. The van der Waals surface area contributed by atoms with Crippen molar-refractivity contribution in [2.24, 2.45) is 5.73 Å². The summed E-state index contributed by atoms with van der Waals surface area (Å²) in [5.74, 6) is 0.884. The second kappa shape index (κ2) is 6.54. The fourth-order valence-corrected chi connectivity index (χ4v) is 5.50. The van der Waals surface area contributed by atoms with E-state index in [0.29, 0.717) is 23.5 Å². The zero-order valence-corrected chi connectivity index (χ0v) is 13.9. The SMILES string of the molecule is CCS(=O)(=O)C1CSCCN1c1c(F)cccc1[C@@H](C)N. The number of nitrogens with zero attached hydrogens (tertiary/aromatic N) is 1. The molecule has 0 spiro atoms. The lowest BCUT2D eigenvalue weighted by molar-refractivity contribution is 0.572. The van der Waals surface area contributed by atoms with Crippen molar-refractivity contribution in [1.82, 2.24) is 0 Å². The lowest BCUT2D eigenvalue weighted by Crippen LogP contribution is -2.48. The Kier molecular flexibility index (Phi) is 5.16. The maximum atomic E-state index is 14.4. The number of anilines is 1. The first-order valence-electron chi connectivity index (χ1n) is 6.98. The van der Waals surface area contributed by atoms with Gasteiger partial charge in [0.15, 0.2) is 9.84 Å². The van der Waals surface area contributed by atoms with E-state index in [1.807, 2.05) is 0 Å². The van der Waals surface area contributed by atoms with Gasteiger partial charge in [-0.1, -0.05) is 19.1 Å². The van der Waals surface area contributed by atoms with Crippen LogP contribution in [0.4, 0.5) is 10.1 Å². The molecule has 0 aliphatic carbocycles. The second-order valence-corrected chi connectivity index (χ2v) is 8.74. The molecule has 1 aromatic rings. The molecule has 21 heavy (non-hydrogen) atoms. The Hall–Kier alpha value is -0.790. The summed E-state index contributed by atoms with van der Waals surface area (Å²) in [5, 5.41) is -0.685. The summed E-state index contributed by atoms with van der Waals surface area (Å²) in [6.07, 6.45) is 0. The Morgan fingerprint density at radius 2 is 2.24 bits per heavy atom. The van der Waals surface area contributed by atoms with Crippen LogP contribution in [0.25, 0.3) is 0 Å². The molecule has 4 nitrogen and oxygen atoms in total. The lowest BCUT2D eigenvalue weighted by atomic mass is 10.1. The van der Waals surface area contributed by atoms with Crippen molar-refractivity contribution < 1.29 is 12.8 Å². The predicted octanol–water partition coefficient (Wildman–Crippen LogP) is 2.16. The fraction of sp³-hybridized carbons (Fsp3) is 0.571. The van der Waals surface area contributed by atoms with Crippen molar-refractivity contribution in [2.45, 2.75) is 25.3 Å². The van der Waals surface area contributed by atoms with Crippen LogP contribution in [-0.2, 0) is 9.84 Å². The predicted molar refractivity (Wildman–Crippen MR) is 86.9 cm³/mol. The van der Waals surface area contributed by atoms with Gasteiger partial charge in [0.1, 0.15) is 11.2 Å². The van der Waals surface area contributed by atoms with Crippen LogP contribution in [0.5, 0.6) is 0 Å². The molecular weight excluding hydrogens is 311 g/mol. The van der Waals surface area contributed by atoms with Crippen molar-refractivity contribution in [3.8, 4) is 0 Å². The molecule has 0 saturated carbocycles. The van der Waals surface area contributed by atoms with E-state index < -0.39 is 21.0 Å². The summed E-state index contributed by atoms with van der Waals surface area (Å²) >= 11 is 1.59. The molecule has 2 N–H and O–H groups in total. The summed E-state index contributed by atoms with van der Waals surface area (Å²) in [6, 6.07) is 4.38. The first kappa shape index (κ1) is 16.6. The van der Waals surface area contributed by atoms with Gasteiger partial charge in [-0.3, -0.25) is 0 Å². The van der Waals surface area contributed by atoms with Crippen LogP contribution >= 0.6 is 11.8 Å². The van der Waals surface area contributed by atoms with Gasteiger partial charge in [0.2, 0.25) is 0 Å². The largest absolute Gasteiger partial charge is 0.351 e. The van der Waals surface area contributed by atoms with Crippen LogP contribution in [-0.4, -0.2) is 37.6 Å². The van der Waals surface area contributed by atoms with Crippen molar-refractivity contribution >= 4 is 27.3 Å². The minimum atomic E-state index is -3.28. The average molecular weight is 332 g/mol. The summed E-state index contributed by atoms with van der Waals surface area (Å²) in [7, 11) is -3.28. The number of benzene rings is 1. The number of hydrogen-bond acceptors (Lipinski definition) is 5. The van der Waals surface area contributed by atoms with Crippen LogP contribution in [0.1, 0.15) is 25.5 Å². The fourth-order valence-electron chi connectivity index (χ4n) is 2.53. The van der Waals surface area contributed by atoms with Crippen molar-refractivity contribution in [3.05, 3.63) is 29.6 Å². The van der Waals surface area contributed by atoms with E-state index in [-0.39, 0.29) is 11.8 Å². The van der Waals surface area contributed by atoms with E-state index in [4.69, 9.17) is 5.73 Å². The number of para-hydroxylation sites is 1. The number of hydrogen-bond donors (Lipinski definition) is 1. The molecule has 118 valence electrons. The normalized spacial score (nSPS) is 21.3. The van der Waals surface area contributed by atoms with Crippen LogP contribution < -0.4 is 10.6 Å². The second-order valence-electron chi connectivity index (χ2n) is 5.14. The molecule has 0 radical (unpaired) electrons. The Morgan fingerprint density at radius 1 is 1.52 bits per heavy atom. The first-order chi connectivity index (χ1) is 9.88. The third kappa shape index (κ3) is 3.35. The third-order valence-electron chi connectivity index (χ3n) is 3.70. The first-order valence-corrected chi connectivity index (χ1v) is 9.85. The molecule has 1 aliphatic rings. The molecular formula is C14H21FN2O2S2.